The maximum atomic E-state index is 12.3. The topological polar surface area (TPSA) is 81.1 Å². The van der Waals surface area contributed by atoms with Crippen molar-refractivity contribution in [1.29, 1.82) is 0 Å². The number of carbonyl (C=O) groups excluding carboxylic acids is 1. The van der Waals surface area contributed by atoms with Crippen LogP contribution >= 0.6 is 0 Å². The third kappa shape index (κ3) is 3.41. The van der Waals surface area contributed by atoms with Crippen LogP contribution in [0.1, 0.15) is 17.0 Å². The van der Waals surface area contributed by atoms with E-state index >= 15 is 0 Å². The van der Waals surface area contributed by atoms with Crippen molar-refractivity contribution in [2.45, 2.75) is 26.3 Å². The van der Waals surface area contributed by atoms with E-state index in [4.69, 9.17) is 0 Å². The quantitative estimate of drug-likeness (QED) is 0.910. The number of para-hydroxylation sites is 1. The summed E-state index contributed by atoms with van der Waals surface area (Å²) >= 11 is 0. The predicted molar refractivity (Wildman–Crippen MR) is 91.6 cm³/mol. The minimum atomic E-state index is -3.17. The molecule has 24 heavy (non-hydrogen) atoms. The van der Waals surface area contributed by atoms with Gasteiger partial charge in [0.15, 0.2) is 9.84 Å². The van der Waals surface area contributed by atoms with Crippen LogP contribution in [-0.2, 0) is 21.1 Å². The second-order valence-corrected chi connectivity index (χ2v) is 7.84. The summed E-state index contributed by atoms with van der Waals surface area (Å²) in [4.78, 5) is 12.3. The Bertz CT molecular complexity index is 899. The molecular weight excluding hydrogens is 326 g/mol. The van der Waals surface area contributed by atoms with E-state index in [-0.39, 0.29) is 18.1 Å². The van der Waals surface area contributed by atoms with Crippen molar-refractivity contribution < 1.29 is 13.2 Å². The third-order valence-electron chi connectivity index (χ3n) is 4.06. The van der Waals surface area contributed by atoms with Crippen LogP contribution in [0.3, 0.4) is 0 Å². The smallest absolute Gasteiger partial charge is 0.225 e. The van der Waals surface area contributed by atoms with E-state index in [1.807, 2.05) is 48.9 Å². The first-order valence-electron chi connectivity index (χ1n) is 7.66. The number of nitrogens with zero attached hydrogens (tertiary/aromatic N) is 2. The van der Waals surface area contributed by atoms with Gasteiger partial charge in [-0.2, -0.15) is 5.10 Å². The Morgan fingerprint density at radius 3 is 2.62 bits per heavy atom. The molecule has 1 aliphatic rings. The van der Waals surface area contributed by atoms with Gasteiger partial charge in [-0.3, -0.25) is 4.79 Å². The van der Waals surface area contributed by atoms with E-state index in [0.29, 0.717) is 0 Å². The molecule has 6 nitrogen and oxygen atoms in total. The average molecular weight is 345 g/mol. The average Bonchev–Trinajstić information content (AvgIpc) is 3.01. The molecule has 1 N–H and O–H groups in total. The van der Waals surface area contributed by atoms with Gasteiger partial charge in [0, 0.05) is 16.7 Å². The molecule has 1 aliphatic heterocycles. The van der Waals surface area contributed by atoms with Crippen molar-refractivity contribution in [2.24, 2.45) is 0 Å². The van der Waals surface area contributed by atoms with Crippen molar-refractivity contribution in [3.8, 4) is 5.69 Å². The van der Waals surface area contributed by atoms with Crippen LogP contribution < -0.4 is 5.32 Å². The standard InChI is InChI=1S/C17H19N3O3S/c1-12-16(10-17(21)18-14-8-9-24(22,23)11-14)13(2)20(19-12)15-6-4-3-5-7-15/h3-9,14H,10-11H2,1-2H3,(H,18,21)/t14-/m1/s1. The molecule has 7 heteroatoms. The second-order valence-electron chi connectivity index (χ2n) is 5.91. The number of amides is 1. The van der Waals surface area contributed by atoms with Crippen LogP contribution in [0.5, 0.6) is 0 Å². The Balaban J connectivity index is 1.75. The van der Waals surface area contributed by atoms with Crippen molar-refractivity contribution in [2.75, 3.05) is 5.75 Å². The lowest BCUT2D eigenvalue weighted by atomic mass is 10.1. The van der Waals surface area contributed by atoms with E-state index in [9.17, 15) is 13.2 Å². The number of hydrogen-bond donors (Lipinski definition) is 1. The monoisotopic (exact) mass is 345 g/mol. The summed E-state index contributed by atoms with van der Waals surface area (Å²) in [6.45, 7) is 3.80. The summed E-state index contributed by atoms with van der Waals surface area (Å²) in [5.41, 5.74) is 3.50. The molecule has 0 bridgehead atoms. The molecule has 0 aliphatic carbocycles. The maximum Gasteiger partial charge on any atom is 0.225 e. The van der Waals surface area contributed by atoms with Crippen LogP contribution in [0.2, 0.25) is 0 Å². The number of aryl methyl sites for hydroxylation is 1. The number of rotatable bonds is 4. The van der Waals surface area contributed by atoms with Crippen molar-refractivity contribution in [3.05, 3.63) is 58.8 Å². The van der Waals surface area contributed by atoms with Gasteiger partial charge >= 0.3 is 0 Å². The zero-order valence-corrected chi connectivity index (χ0v) is 14.4. The molecular formula is C17H19N3O3S. The molecule has 0 spiro atoms. The first-order valence-corrected chi connectivity index (χ1v) is 9.38. The molecule has 2 aromatic rings. The zero-order chi connectivity index (χ0) is 17.3. The molecule has 126 valence electrons. The van der Waals surface area contributed by atoms with Crippen LogP contribution in [0.4, 0.5) is 0 Å². The van der Waals surface area contributed by atoms with Gasteiger partial charge in [0.1, 0.15) is 0 Å². The highest BCUT2D eigenvalue weighted by Gasteiger charge is 2.24. The van der Waals surface area contributed by atoms with Gasteiger partial charge in [0.25, 0.3) is 0 Å². The van der Waals surface area contributed by atoms with Gasteiger partial charge in [-0.1, -0.05) is 18.2 Å². The van der Waals surface area contributed by atoms with Gasteiger partial charge in [-0.25, -0.2) is 13.1 Å². The Morgan fingerprint density at radius 1 is 1.29 bits per heavy atom. The molecule has 3 rings (SSSR count). The van der Waals surface area contributed by atoms with Gasteiger partial charge in [0.2, 0.25) is 5.91 Å². The highest BCUT2D eigenvalue weighted by molar-refractivity contribution is 7.94. The largest absolute Gasteiger partial charge is 0.349 e. The number of carbonyl (C=O) groups is 1. The summed E-state index contributed by atoms with van der Waals surface area (Å²) in [7, 11) is -3.17. The fourth-order valence-corrected chi connectivity index (χ4v) is 4.07. The van der Waals surface area contributed by atoms with Gasteiger partial charge < -0.3 is 5.32 Å². The van der Waals surface area contributed by atoms with Gasteiger partial charge in [-0.05, 0) is 32.1 Å². The molecule has 0 radical (unpaired) electrons. The van der Waals surface area contributed by atoms with Gasteiger partial charge in [0.05, 0.1) is 29.6 Å². The molecule has 0 saturated heterocycles. The van der Waals surface area contributed by atoms with E-state index < -0.39 is 15.9 Å². The van der Waals surface area contributed by atoms with Crippen LogP contribution in [0, 0.1) is 13.8 Å². The highest BCUT2D eigenvalue weighted by atomic mass is 32.2. The lowest BCUT2D eigenvalue weighted by Crippen LogP contribution is -2.36. The molecule has 0 saturated carbocycles. The minimum absolute atomic E-state index is 0.0695. The van der Waals surface area contributed by atoms with Crippen LogP contribution in [0.25, 0.3) is 5.69 Å². The first kappa shape index (κ1) is 16.4. The Labute approximate surface area is 141 Å². The lowest BCUT2D eigenvalue weighted by Gasteiger charge is -2.10. The number of hydrogen-bond acceptors (Lipinski definition) is 4. The summed E-state index contributed by atoms with van der Waals surface area (Å²) in [6.07, 6.45) is 1.69. The van der Waals surface area contributed by atoms with Crippen LogP contribution in [-0.4, -0.2) is 35.9 Å². The van der Waals surface area contributed by atoms with Crippen LogP contribution in [0.15, 0.2) is 41.8 Å². The predicted octanol–water partition coefficient (Wildman–Crippen LogP) is 1.46. The summed E-state index contributed by atoms with van der Waals surface area (Å²) in [5.74, 6) is -0.277. The molecule has 1 atom stereocenters. The first-order chi connectivity index (χ1) is 11.4. The molecule has 0 fully saturated rings. The van der Waals surface area contributed by atoms with E-state index in [0.717, 1.165) is 28.0 Å². The van der Waals surface area contributed by atoms with Gasteiger partial charge in [-0.15, -0.1) is 0 Å². The Morgan fingerprint density at radius 2 is 2.00 bits per heavy atom. The fourth-order valence-electron chi connectivity index (χ4n) is 2.84. The van der Waals surface area contributed by atoms with E-state index in [1.54, 1.807) is 0 Å². The van der Waals surface area contributed by atoms with E-state index in [2.05, 4.69) is 10.4 Å². The molecule has 1 aromatic heterocycles. The SMILES string of the molecule is Cc1nn(-c2ccccc2)c(C)c1CC(=O)N[C@@H]1C=CS(=O)(=O)C1. The number of nitrogens with one attached hydrogen (secondary N) is 1. The van der Waals surface area contributed by atoms with Crippen molar-refractivity contribution in [1.82, 2.24) is 15.1 Å². The number of benzene rings is 1. The highest BCUT2D eigenvalue weighted by Crippen LogP contribution is 2.18. The number of aromatic nitrogens is 2. The van der Waals surface area contributed by atoms with E-state index in [1.165, 1.54) is 6.08 Å². The molecule has 1 aromatic carbocycles. The second kappa shape index (κ2) is 6.24. The third-order valence-corrected chi connectivity index (χ3v) is 5.45. The molecule has 2 heterocycles. The zero-order valence-electron chi connectivity index (χ0n) is 13.6. The molecule has 0 unspecified atom stereocenters. The molecule has 1 amide bonds. The summed E-state index contributed by atoms with van der Waals surface area (Å²) < 4.78 is 24.6. The van der Waals surface area contributed by atoms with Crippen molar-refractivity contribution in [3.63, 3.8) is 0 Å². The normalized spacial score (nSPS) is 18.7. The summed E-state index contributed by atoms with van der Waals surface area (Å²) in [5, 5.41) is 8.41. The number of sulfone groups is 1. The van der Waals surface area contributed by atoms with Crippen molar-refractivity contribution >= 4 is 15.7 Å². The lowest BCUT2D eigenvalue weighted by molar-refractivity contribution is -0.120. The summed E-state index contributed by atoms with van der Waals surface area (Å²) in [6, 6.07) is 9.27. The Hall–Kier alpha value is -2.41. The maximum absolute atomic E-state index is 12.3. The minimum Gasteiger partial charge on any atom is -0.349 e. The Kier molecular flexibility index (Phi) is 4.28. The fraction of sp³-hybridized carbons (Fsp3) is 0.294.